The summed E-state index contributed by atoms with van der Waals surface area (Å²) in [6.07, 6.45) is 1.41. The summed E-state index contributed by atoms with van der Waals surface area (Å²) in [5.41, 5.74) is 6.91. The van der Waals surface area contributed by atoms with Crippen molar-refractivity contribution in [2.24, 2.45) is 0 Å². The molecule has 0 aliphatic heterocycles. The van der Waals surface area contributed by atoms with E-state index in [1.807, 2.05) is 6.07 Å². The number of rotatable bonds is 4. The molecule has 0 aliphatic rings. The molecule has 0 bridgehead atoms. The molecule has 1 heterocycles. The second-order valence-corrected chi connectivity index (χ2v) is 5.47. The van der Waals surface area contributed by atoms with Crippen LogP contribution in [0.3, 0.4) is 0 Å². The predicted octanol–water partition coefficient (Wildman–Crippen LogP) is 1.98. The number of nitrogen functional groups attached to an aromatic ring is 1. The Kier molecular flexibility index (Phi) is 4.93. The first-order valence-electron chi connectivity index (χ1n) is 6.45. The number of aromatic nitrogens is 1. The van der Waals surface area contributed by atoms with Gasteiger partial charge in [-0.25, -0.2) is 4.79 Å². The van der Waals surface area contributed by atoms with Crippen LogP contribution in [-0.4, -0.2) is 29.9 Å². The summed E-state index contributed by atoms with van der Waals surface area (Å²) < 4.78 is 12.2. The number of nitrogens with two attached hydrogens (primary N) is 1. The molecule has 0 unspecified atom stereocenters. The van der Waals surface area contributed by atoms with Gasteiger partial charge in [0, 0.05) is 16.2 Å². The van der Waals surface area contributed by atoms with Gasteiger partial charge in [-0.15, -0.1) is 0 Å². The van der Waals surface area contributed by atoms with Crippen molar-refractivity contribution in [1.29, 1.82) is 5.26 Å². The highest BCUT2D eigenvalue weighted by atomic mass is 79.9. The molecule has 0 aliphatic carbocycles. The third-order valence-electron chi connectivity index (χ3n) is 3.29. The van der Waals surface area contributed by atoms with Gasteiger partial charge in [0.25, 0.3) is 0 Å². The molecule has 2 rings (SSSR count). The van der Waals surface area contributed by atoms with Gasteiger partial charge >= 0.3 is 5.97 Å². The van der Waals surface area contributed by atoms with Crippen molar-refractivity contribution in [3.05, 3.63) is 39.6 Å². The Morgan fingerprint density at radius 1 is 1.48 bits per heavy atom. The van der Waals surface area contributed by atoms with Crippen molar-refractivity contribution >= 4 is 27.6 Å². The lowest BCUT2D eigenvalue weighted by molar-refractivity contribution is 0.0593. The minimum Gasteiger partial charge on any atom is -0.495 e. The zero-order valence-corrected chi connectivity index (χ0v) is 14.0. The summed E-state index contributed by atoms with van der Waals surface area (Å²) in [6.45, 7) is -0.300. The van der Waals surface area contributed by atoms with E-state index >= 15 is 0 Å². The second kappa shape index (κ2) is 6.73. The summed E-state index contributed by atoms with van der Waals surface area (Å²) in [5.74, 6) is -0.300. The predicted molar refractivity (Wildman–Crippen MR) is 86.4 cm³/mol. The van der Waals surface area contributed by atoms with Gasteiger partial charge in [0.2, 0.25) is 0 Å². The number of methoxy groups -OCH3 is 2. The summed E-state index contributed by atoms with van der Waals surface area (Å²) in [5, 5.41) is 18.8. The summed E-state index contributed by atoms with van der Waals surface area (Å²) in [6, 6.07) is 5.28. The Hall–Kier alpha value is -2.50. The summed E-state index contributed by atoms with van der Waals surface area (Å²) >= 11 is 3.33. The number of esters is 1. The van der Waals surface area contributed by atoms with Crippen LogP contribution in [0.2, 0.25) is 0 Å². The molecule has 8 heteroatoms. The van der Waals surface area contributed by atoms with Crippen molar-refractivity contribution in [3.8, 4) is 17.5 Å². The van der Waals surface area contributed by atoms with Crippen LogP contribution in [0.5, 0.6) is 5.75 Å². The highest BCUT2D eigenvalue weighted by molar-refractivity contribution is 9.10. The Morgan fingerprint density at radius 2 is 2.17 bits per heavy atom. The van der Waals surface area contributed by atoms with Gasteiger partial charge in [0.1, 0.15) is 11.8 Å². The maximum Gasteiger partial charge on any atom is 0.357 e. The number of aliphatic hydroxyl groups is 1. The van der Waals surface area contributed by atoms with Crippen molar-refractivity contribution < 1.29 is 19.4 Å². The fourth-order valence-electron chi connectivity index (χ4n) is 2.27. The Labute approximate surface area is 141 Å². The van der Waals surface area contributed by atoms with E-state index in [0.29, 0.717) is 21.5 Å². The molecule has 1 aromatic carbocycles. The number of ether oxygens (including phenoxy) is 2. The van der Waals surface area contributed by atoms with Gasteiger partial charge in [0.15, 0.2) is 5.69 Å². The first-order chi connectivity index (χ1) is 11.0. The molecule has 0 saturated carbocycles. The van der Waals surface area contributed by atoms with Crippen LogP contribution in [0.15, 0.2) is 22.8 Å². The average Bonchev–Trinajstić information content (AvgIpc) is 2.89. The fourth-order valence-corrected chi connectivity index (χ4v) is 2.75. The minimum absolute atomic E-state index is 0.000581. The number of carbonyl (C=O) groups is 1. The van der Waals surface area contributed by atoms with Crippen LogP contribution in [0.25, 0.3) is 5.69 Å². The third kappa shape index (κ3) is 2.88. The number of carbonyl (C=O) groups excluding carboxylic acids is 1. The Morgan fingerprint density at radius 3 is 2.70 bits per heavy atom. The molecule has 3 N–H and O–H groups in total. The van der Waals surface area contributed by atoms with E-state index in [-0.39, 0.29) is 23.6 Å². The lowest BCUT2D eigenvalue weighted by Crippen LogP contribution is -2.13. The maximum absolute atomic E-state index is 12.1. The van der Waals surface area contributed by atoms with Gasteiger partial charge in [-0.05, 0) is 12.1 Å². The van der Waals surface area contributed by atoms with Crippen molar-refractivity contribution in [2.45, 2.75) is 6.61 Å². The molecule has 0 fully saturated rings. The number of nitriles is 1. The number of benzene rings is 1. The summed E-state index contributed by atoms with van der Waals surface area (Å²) in [7, 11) is 2.68. The van der Waals surface area contributed by atoms with E-state index < -0.39 is 5.97 Å². The number of nitrogens with zero attached hydrogens (tertiary/aromatic N) is 2. The average molecular weight is 380 g/mol. The summed E-state index contributed by atoms with van der Waals surface area (Å²) in [4.78, 5) is 12.1. The number of anilines is 1. The van der Waals surface area contributed by atoms with Crippen molar-refractivity contribution in [1.82, 2.24) is 4.57 Å². The smallest absolute Gasteiger partial charge is 0.357 e. The molecular weight excluding hydrogens is 366 g/mol. The third-order valence-corrected chi connectivity index (χ3v) is 3.75. The Bertz CT molecular complexity index is 783. The van der Waals surface area contributed by atoms with Gasteiger partial charge < -0.3 is 24.9 Å². The van der Waals surface area contributed by atoms with E-state index in [9.17, 15) is 15.2 Å². The maximum atomic E-state index is 12.1. The van der Waals surface area contributed by atoms with E-state index in [4.69, 9.17) is 15.2 Å². The molecular formula is C15H14BrN3O4. The molecule has 1 aromatic heterocycles. The molecule has 7 nitrogen and oxygen atoms in total. The van der Waals surface area contributed by atoms with Crippen LogP contribution >= 0.6 is 15.9 Å². The molecule has 0 radical (unpaired) electrons. The van der Waals surface area contributed by atoms with E-state index in [0.717, 1.165) is 0 Å². The fraction of sp³-hybridized carbons (Fsp3) is 0.200. The van der Waals surface area contributed by atoms with E-state index in [2.05, 4.69) is 15.9 Å². The lowest BCUT2D eigenvalue weighted by Gasteiger charge is -2.16. The molecule has 120 valence electrons. The van der Waals surface area contributed by atoms with Gasteiger partial charge in [0.05, 0.1) is 37.8 Å². The number of hydrogen-bond donors (Lipinski definition) is 2. The second-order valence-electron chi connectivity index (χ2n) is 4.55. The molecule has 23 heavy (non-hydrogen) atoms. The van der Waals surface area contributed by atoms with Crippen LogP contribution in [0.4, 0.5) is 5.69 Å². The molecule has 0 saturated heterocycles. The molecule has 2 aromatic rings. The van der Waals surface area contributed by atoms with Gasteiger partial charge in [-0.1, -0.05) is 15.9 Å². The largest absolute Gasteiger partial charge is 0.495 e. The van der Waals surface area contributed by atoms with Crippen LogP contribution < -0.4 is 10.5 Å². The van der Waals surface area contributed by atoms with Gasteiger partial charge in [-0.2, -0.15) is 5.26 Å². The number of aliphatic hydroxyl groups excluding tert-OH is 1. The van der Waals surface area contributed by atoms with Gasteiger partial charge in [-0.3, -0.25) is 0 Å². The Balaban J connectivity index is 2.87. The zero-order valence-electron chi connectivity index (χ0n) is 12.5. The first kappa shape index (κ1) is 16.9. The normalized spacial score (nSPS) is 10.2. The zero-order chi connectivity index (χ0) is 17.1. The number of halogens is 1. The molecule has 0 amide bonds. The molecule has 0 spiro atoms. The first-order valence-corrected chi connectivity index (χ1v) is 7.24. The highest BCUT2D eigenvalue weighted by Gasteiger charge is 2.25. The van der Waals surface area contributed by atoms with Crippen LogP contribution in [-0.2, 0) is 11.3 Å². The van der Waals surface area contributed by atoms with Crippen LogP contribution in [0, 0.1) is 11.3 Å². The standard InChI is InChI=1S/C15H14BrN3O4/c1-22-11-4-10(16)3-8(7-20)13(11)19-6-9(5-17)12(18)14(19)15(21)23-2/h3-4,6,20H,7,18H2,1-2H3. The van der Waals surface area contributed by atoms with Crippen LogP contribution in [0.1, 0.15) is 21.6 Å². The lowest BCUT2D eigenvalue weighted by atomic mass is 10.1. The van der Waals surface area contributed by atoms with E-state index in [1.165, 1.54) is 25.0 Å². The SMILES string of the molecule is COC(=O)c1c(N)c(C#N)cn1-c1c(CO)cc(Br)cc1OC. The molecule has 0 atom stereocenters. The number of hydrogen-bond acceptors (Lipinski definition) is 6. The van der Waals surface area contributed by atoms with Crippen molar-refractivity contribution in [2.75, 3.05) is 20.0 Å². The minimum atomic E-state index is -0.696. The highest BCUT2D eigenvalue weighted by Crippen LogP contribution is 2.35. The van der Waals surface area contributed by atoms with E-state index in [1.54, 1.807) is 12.1 Å². The topological polar surface area (TPSA) is 110 Å². The van der Waals surface area contributed by atoms with Crippen molar-refractivity contribution in [3.63, 3.8) is 0 Å². The quantitative estimate of drug-likeness (QED) is 0.785. The monoisotopic (exact) mass is 379 g/mol.